The zero-order valence-electron chi connectivity index (χ0n) is 9.21. The summed E-state index contributed by atoms with van der Waals surface area (Å²) in [5.74, 6) is -1.48. The van der Waals surface area contributed by atoms with Crippen molar-refractivity contribution >= 4 is 28.7 Å². The first-order valence-electron chi connectivity index (χ1n) is 5.06. The van der Waals surface area contributed by atoms with E-state index in [1.54, 1.807) is 0 Å². The third-order valence-corrected chi connectivity index (χ3v) is 2.53. The van der Waals surface area contributed by atoms with Gasteiger partial charge in [0.2, 0.25) is 5.13 Å². The molecule has 94 valence electrons. The number of nitrogens with zero attached hydrogens (tertiary/aromatic N) is 3. The molecule has 0 saturated carbocycles. The first-order chi connectivity index (χ1) is 8.13. The summed E-state index contributed by atoms with van der Waals surface area (Å²) in [5.41, 5.74) is 0. The number of amides is 2. The van der Waals surface area contributed by atoms with E-state index in [1.165, 1.54) is 0 Å². The minimum absolute atomic E-state index is 0.0846. The second-order valence-electron chi connectivity index (χ2n) is 3.33. The number of carbonyl (C=O) groups is 2. The molecule has 0 aliphatic heterocycles. The van der Waals surface area contributed by atoms with E-state index >= 15 is 0 Å². The molecule has 1 rings (SSSR count). The van der Waals surface area contributed by atoms with Crippen LogP contribution in [0.4, 0.5) is 9.93 Å². The molecular formula is C8H13N5O3S. The molecule has 2 amide bonds. The molecule has 8 nitrogen and oxygen atoms in total. The second-order valence-corrected chi connectivity index (χ2v) is 4.06. The number of nitrogens with one attached hydrogen (secondary N) is 2. The van der Waals surface area contributed by atoms with Gasteiger partial charge < -0.3 is 10.4 Å². The summed E-state index contributed by atoms with van der Waals surface area (Å²) in [6, 6.07) is -0.508. The van der Waals surface area contributed by atoms with Gasteiger partial charge in [-0.3, -0.25) is 10.1 Å². The number of carbonyl (C=O) groups excluding carboxylic acids is 1. The third kappa shape index (κ3) is 4.72. The average molecular weight is 259 g/mol. The quantitative estimate of drug-likeness (QED) is 0.687. The van der Waals surface area contributed by atoms with Gasteiger partial charge in [-0.05, 0) is 11.6 Å². The van der Waals surface area contributed by atoms with E-state index in [-0.39, 0.29) is 11.7 Å². The molecule has 1 heterocycles. The molecule has 1 unspecified atom stereocenters. The number of hydrogen-bond donors (Lipinski definition) is 3. The van der Waals surface area contributed by atoms with Gasteiger partial charge in [0.15, 0.2) is 0 Å². The number of carboxylic acid groups (broad SMARTS) is 1. The lowest BCUT2D eigenvalue weighted by Crippen LogP contribution is -2.35. The molecule has 0 aliphatic rings. The minimum Gasteiger partial charge on any atom is -0.481 e. The number of urea groups is 1. The van der Waals surface area contributed by atoms with Gasteiger partial charge >= 0.3 is 12.0 Å². The molecule has 1 aromatic heterocycles. The third-order valence-electron chi connectivity index (χ3n) is 2.02. The van der Waals surface area contributed by atoms with Gasteiger partial charge in [0.25, 0.3) is 0 Å². The van der Waals surface area contributed by atoms with Crippen LogP contribution in [0.3, 0.4) is 0 Å². The Hall–Kier alpha value is -1.77. The molecule has 1 aromatic rings. The minimum atomic E-state index is -0.912. The van der Waals surface area contributed by atoms with Gasteiger partial charge in [0.1, 0.15) is 0 Å². The largest absolute Gasteiger partial charge is 0.481 e. The molecule has 1 atom stereocenters. The molecule has 0 saturated heterocycles. The van der Waals surface area contributed by atoms with Crippen molar-refractivity contribution in [3.63, 3.8) is 0 Å². The fourth-order valence-electron chi connectivity index (χ4n) is 1.20. The van der Waals surface area contributed by atoms with Crippen molar-refractivity contribution in [1.82, 2.24) is 20.1 Å². The van der Waals surface area contributed by atoms with Crippen LogP contribution in [0.15, 0.2) is 0 Å². The Labute approximate surface area is 102 Å². The molecule has 0 radical (unpaired) electrons. The van der Waals surface area contributed by atoms with Crippen molar-refractivity contribution in [2.75, 3.05) is 11.9 Å². The zero-order valence-corrected chi connectivity index (χ0v) is 10.0. The van der Waals surface area contributed by atoms with E-state index < -0.39 is 17.9 Å². The zero-order chi connectivity index (χ0) is 12.7. The molecule has 0 spiro atoms. The molecule has 0 bridgehead atoms. The predicted octanol–water partition coefficient (Wildman–Crippen LogP) is 0.555. The molecule has 0 aromatic carbocycles. The van der Waals surface area contributed by atoms with Gasteiger partial charge in [0.05, 0.1) is 5.92 Å². The molecule has 0 aliphatic carbocycles. The van der Waals surface area contributed by atoms with E-state index in [4.69, 9.17) is 5.11 Å². The lowest BCUT2D eigenvalue weighted by molar-refractivity contribution is -0.141. The van der Waals surface area contributed by atoms with E-state index in [0.29, 0.717) is 6.42 Å². The monoisotopic (exact) mass is 259 g/mol. The van der Waals surface area contributed by atoms with Crippen LogP contribution in [0.1, 0.15) is 19.8 Å². The predicted molar refractivity (Wildman–Crippen MR) is 60.8 cm³/mol. The molecular weight excluding hydrogens is 246 g/mol. The van der Waals surface area contributed by atoms with E-state index in [2.05, 4.69) is 25.4 Å². The maximum Gasteiger partial charge on any atom is 0.321 e. The highest BCUT2D eigenvalue weighted by atomic mass is 32.1. The highest BCUT2D eigenvalue weighted by Crippen LogP contribution is 2.06. The Morgan fingerprint density at radius 2 is 2.29 bits per heavy atom. The number of aromatic nitrogens is 3. The summed E-state index contributed by atoms with van der Waals surface area (Å²) in [4.78, 5) is 22.2. The van der Waals surface area contributed by atoms with Crippen LogP contribution in [-0.4, -0.2) is 38.5 Å². The van der Waals surface area contributed by atoms with Gasteiger partial charge in [-0.15, -0.1) is 0 Å². The number of anilines is 1. The highest BCUT2D eigenvalue weighted by Gasteiger charge is 2.17. The molecule has 0 fully saturated rings. The van der Waals surface area contributed by atoms with Crippen molar-refractivity contribution in [2.24, 2.45) is 5.92 Å². The van der Waals surface area contributed by atoms with Crippen molar-refractivity contribution in [1.29, 1.82) is 0 Å². The lowest BCUT2D eigenvalue weighted by atomic mass is 10.0. The normalized spacial score (nSPS) is 11.8. The van der Waals surface area contributed by atoms with Gasteiger partial charge in [-0.1, -0.05) is 22.9 Å². The van der Waals surface area contributed by atoms with Crippen LogP contribution in [0.25, 0.3) is 0 Å². The smallest absolute Gasteiger partial charge is 0.321 e. The molecule has 3 N–H and O–H groups in total. The number of rotatable bonds is 6. The van der Waals surface area contributed by atoms with Crippen LogP contribution in [0, 0.1) is 5.92 Å². The Bertz CT molecular complexity index is 369. The summed E-state index contributed by atoms with van der Waals surface area (Å²) >= 11 is 0.942. The van der Waals surface area contributed by atoms with Crippen LogP contribution >= 0.6 is 11.5 Å². The van der Waals surface area contributed by atoms with Gasteiger partial charge in [0, 0.05) is 18.1 Å². The first-order valence-corrected chi connectivity index (χ1v) is 5.83. The van der Waals surface area contributed by atoms with Crippen molar-refractivity contribution in [3.05, 3.63) is 0 Å². The van der Waals surface area contributed by atoms with Crippen molar-refractivity contribution in [3.8, 4) is 0 Å². The van der Waals surface area contributed by atoms with Gasteiger partial charge in [-0.2, -0.15) is 0 Å². The summed E-state index contributed by atoms with van der Waals surface area (Å²) in [6.07, 6.45) is 1.27. The molecule has 17 heavy (non-hydrogen) atoms. The summed E-state index contributed by atoms with van der Waals surface area (Å²) in [5, 5.41) is 20.8. The summed E-state index contributed by atoms with van der Waals surface area (Å²) < 4.78 is 3.47. The van der Waals surface area contributed by atoms with Crippen molar-refractivity contribution in [2.45, 2.75) is 19.8 Å². The first kappa shape index (κ1) is 13.3. The second kappa shape index (κ2) is 6.74. The van der Waals surface area contributed by atoms with Crippen LogP contribution in [0.2, 0.25) is 0 Å². The molecule has 9 heteroatoms. The number of hydrogen-bond acceptors (Lipinski definition) is 6. The van der Waals surface area contributed by atoms with Crippen LogP contribution in [0.5, 0.6) is 0 Å². The Kier molecular flexibility index (Phi) is 5.27. The summed E-state index contributed by atoms with van der Waals surface area (Å²) in [7, 11) is 0. The summed E-state index contributed by atoms with van der Waals surface area (Å²) in [6.45, 7) is 1.98. The Morgan fingerprint density at radius 1 is 1.53 bits per heavy atom. The SMILES string of the molecule is CCCC(CNC(=O)Nc1nnns1)C(=O)O. The van der Waals surface area contributed by atoms with E-state index in [9.17, 15) is 9.59 Å². The van der Waals surface area contributed by atoms with Crippen molar-refractivity contribution < 1.29 is 14.7 Å². The lowest BCUT2D eigenvalue weighted by Gasteiger charge is -2.11. The van der Waals surface area contributed by atoms with Gasteiger partial charge in [-0.25, -0.2) is 4.79 Å². The fourth-order valence-corrected chi connectivity index (χ4v) is 1.56. The maximum absolute atomic E-state index is 11.3. The standard InChI is InChI=1S/C8H13N5O3S/c1-2-3-5(6(14)15)4-9-7(16)10-8-11-12-13-17-8/h5H,2-4H2,1H3,(H,14,15)(H2,9,10,11,13,16). The fraction of sp³-hybridized carbons (Fsp3) is 0.625. The Morgan fingerprint density at radius 3 is 2.82 bits per heavy atom. The average Bonchev–Trinajstić information content (AvgIpc) is 2.76. The van der Waals surface area contributed by atoms with E-state index in [1.807, 2.05) is 6.92 Å². The number of aliphatic carboxylic acids is 1. The highest BCUT2D eigenvalue weighted by molar-refractivity contribution is 7.09. The number of carboxylic acids is 1. The van der Waals surface area contributed by atoms with Crippen LogP contribution in [-0.2, 0) is 4.79 Å². The Balaban J connectivity index is 2.33. The topological polar surface area (TPSA) is 117 Å². The maximum atomic E-state index is 11.3. The van der Waals surface area contributed by atoms with Crippen LogP contribution < -0.4 is 10.6 Å². The van der Waals surface area contributed by atoms with E-state index in [0.717, 1.165) is 18.0 Å².